The van der Waals surface area contributed by atoms with Gasteiger partial charge in [-0.05, 0) is 13.8 Å². The fourth-order valence-electron chi connectivity index (χ4n) is 0.799. The van der Waals surface area contributed by atoms with Crippen molar-refractivity contribution >= 4 is 11.9 Å². The molecular weight excluding hydrogens is 186 g/mol. The topological polar surface area (TPSA) is 75.6 Å². The maximum atomic E-state index is 11.0. The Morgan fingerprint density at radius 1 is 1.43 bits per heavy atom. The summed E-state index contributed by atoms with van der Waals surface area (Å²) in [6.45, 7) is 3.83. The standard InChI is InChI=1S/C9H17NO4/c1-3-14-9(13)5-4-8(12)10-6-7(2)11/h7,11H,3-6H2,1-2H3,(H,10,12)/t7-/m0/s1. The van der Waals surface area contributed by atoms with Gasteiger partial charge in [0.15, 0.2) is 0 Å². The van der Waals surface area contributed by atoms with Crippen LogP contribution in [0.25, 0.3) is 0 Å². The Morgan fingerprint density at radius 3 is 2.57 bits per heavy atom. The fraction of sp³-hybridized carbons (Fsp3) is 0.778. The first-order chi connectivity index (χ1) is 6.56. The van der Waals surface area contributed by atoms with Gasteiger partial charge in [0.1, 0.15) is 0 Å². The third-order valence-corrected chi connectivity index (χ3v) is 1.46. The first-order valence-corrected chi connectivity index (χ1v) is 4.66. The number of carbonyl (C=O) groups is 2. The third kappa shape index (κ3) is 7.54. The van der Waals surface area contributed by atoms with E-state index in [-0.39, 0.29) is 31.3 Å². The molecule has 2 N–H and O–H groups in total. The number of rotatable bonds is 6. The van der Waals surface area contributed by atoms with Crippen LogP contribution in [0.5, 0.6) is 0 Å². The van der Waals surface area contributed by atoms with Crippen molar-refractivity contribution in [1.82, 2.24) is 5.32 Å². The minimum absolute atomic E-state index is 0.0828. The molecule has 0 aliphatic carbocycles. The van der Waals surface area contributed by atoms with Gasteiger partial charge in [-0.15, -0.1) is 0 Å². The molecule has 0 aromatic carbocycles. The lowest BCUT2D eigenvalue weighted by Crippen LogP contribution is -2.30. The summed E-state index contributed by atoms with van der Waals surface area (Å²) >= 11 is 0. The second-order valence-electron chi connectivity index (χ2n) is 2.96. The van der Waals surface area contributed by atoms with Crippen molar-refractivity contribution in [3.63, 3.8) is 0 Å². The SMILES string of the molecule is CCOC(=O)CCC(=O)NC[C@H](C)O. The smallest absolute Gasteiger partial charge is 0.306 e. The molecule has 0 aliphatic heterocycles. The van der Waals surface area contributed by atoms with Crippen LogP contribution in [0.4, 0.5) is 0 Å². The van der Waals surface area contributed by atoms with Gasteiger partial charge in [0.25, 0.3) is 0 Å². The van der Waals surface area contributed by atoms with Crippen molar-refractivity contribution in [3.8, 4) is 0 Å². The Morgan fingerprint density at radius 2 is 2.07 bits per heavy atom. The van der Waals surface area contributed by atoms with Crippen LogP contribution in [0.15, 0.2) is 0 Å². The minimum atomic E-state index is -0.568. The number of nitrogens with one attached hydrogen (secondary N) is 1. The predicted octanol–water partition coefficient (Wildman–Crippen LogP) is -0.173. The van der Waals surface area contributed by atoms with Gasteiger partial charge >= 0.3 is 5.97 Å². The van der Waals surface area contributed by atoms with Gasteiger partial charge in [-0.3, -0.25) is 9.59 Å². The molecule has 0 spiro atoms. The van der Waals surface area contributed by atoms with Crippen molar-refractivity contribution in [2.75, 3.05) is 13.2 Å². The van der Waals surface area contributed by atoms with Crippen molar-refractivity contribution < 1.29 is 19.4 Å². The Balaban J connectivity index is 3.48. The molecule has 1 amide bonds. The van der Waals surface area contributed by atoms with Crippen LogP contribution >= 0.6 is 0 Å². The molecule has 0 heterocycles. The molecule has 0 aromatic rings. The molecule has 0 saturated carbocycles. The lowest BCUT2D eigenvalue weighted by molar-refractivity contribution is -0.144. The summed E-state index contributed by atoms with van der Waals surface area (Å²) < 4.78 is 4.65. The van der Waals surface area contributed by atoms with Crippen LogP contribution in [0.1, 0.15) is 26.7 Å². The lowest BCUT2D eigenvalue weighted by atomic mass is 10.3. The number of ether oxygens (including phenoxy) is 1. The molecule has 0 saturated heterocycles. The maximum absolute atomic E-state index is 11.0. The Labute approximate surface area is 83.4 Å². The van der Waals surface area contributed by atoms with Crippen LogP contribution in [-0.2, 0) is 14.3 Å². The van der Waals surface area contributed by atoms with E-state index in [4.69, 9.17) is 5.11 Å². The highest BCUT2D eigenvalue weighted by Gasteiger charge is 2.07. The third-order valence-electron chi connectivity index (χ3n) is 1.46. The van der Waals surface area contributed by atoms with Crippen LogP contribution < -0.4 is 5.32 Å². The normalized spacial score (nSPS) is 11.9. The first-order valence-electron chi connectivity index (χ1n) is 4.66. The molecule has 0 radical (unpaired) electrons. The summed E-state index contributed by atoms with van der Waals surface area (Å²) in [5.74, 6) is -0.626. The summed E-state index contributed by atoms with van der Waals surface area (Å²) in [5.41, 5.74) is 0. The number of hydrogen-bond donors (Lipinski definition) is 2. The van der Waals surface area contributed by atoms with Gasteiger partial charge in [-0.1, -0.05) is 0 Å². The number of aliphatic hydroxyl groups excluding tert-OH is 1. The van der Waals surface area contributed by atoms with Crippen molar-refractivity contribution in [1.29, 1.82) is 0 Å². The zero-order valence-electron chi connectivity index (χ0n) is 8.58. The van der Waals surface area contributed by atoms with Gasteiger partial charge in [0.2, 0.25) is 5.91 Å². The van der Waals surface area contributed by atoms with E-state index in [1.807, 2.05) is 0 Å². The summed E-state index contributed by atoms with van der Waals surface area (Å²) in [6, 6.07) is 0. The zero-order chi connectivity index (χ0) is 11.0. The van der Waals surface area contributed by atoms with E-state index in [0.29, 0.717) is 6.61 Å². The molecule has 0 aromatic heterocycles. The molecule has 0 rings (SSSR count). The molecule has 0 bridgehead atoms. The molecule has 5 heteroatoms. The fourth-order valence-corrected chi connectivity index (χ4v) is 0.799. The second kappa shape index (κ2) is 7.32. The molecular formula is C9H17NO4. The monoisotopic (exact) mass is 203 g/mol. The summed E-state index contributed by atoms with van der Waals surface area (Å²) in [6.07, 6.45) is -0.382. The Hall–Kier alpha value is -1.10. The van der Waals surface area contributed by atoms with Gasteiger partial charge in [-0.2, -0.15) is 0 Å². The summed E-state index contributed by atoms with van der Waals surface area (Å²) in [4.78, 5) is 21.9. The van der Waals surface area contributed by atoms with E-state index < -0.39 is 6.10 Å². The predicted molar refractivity (Wildman–Crippen MR) is 50.6 cm³/mol. The van der Waals surface area contributed by atoms with Crippen LogP contribution in [0, 0.1) is 0 Å². The average molecular weight is 203 g/mol. The highest BCUT2D eigenvalue weighted by atomic mass is 16.5. The van der Waals surface area contributed by atoms with Crippen LogP contribution in [0.2, 0.25) is 0 Å². The lowest BCUT2D eigenvalue weighted by Gasteiger charge is -2.06. The maximum Gasteiger partial charge on any atom is 0.306 e. The van der Waals surface area contributed by atoms with E-state index in [1.165, 1.54) is 0 Å². The Bertz CT molecular complexity index is 191. The van der Waals surface area contributed by atoms with E-state index in [0.717, 1.165) is 0 Å². The summed E-state index contributed by atoms with van der Waals surface area (Å²) in [7, 11) is 0. The highest BCUT2D eigenvalue weighted by Crippen LogP contribution is 1.92. The minimum Gasteiger partial charge on any atom is -0.466 e. The molecule has 0 fully saturated rings. The highest BCUT2D eigenvalue weighted by molar-refractivity contribution is 5.81. The molecule has 14 heavy (non-hydrogen) atoms. The van der Waals surface area contributed by atoms with E-state index >= 15 is 0 Å². The van der Waals surface area contributed by atoms with Crippen LogP contribution in [-0.4, -0.2) is 36.2 Å². The molecule has 5 nitrogen and oxygen atoms in total. The van der Waals surface area contributed by atoms with Gasteiger partial charge in [0.05, 0.1) is 19.1 Å². The Kier molecular flexibility index (Phi) is 6.74. The quantitative estimate of drug-likeness (QED) is 0.587. The number of hydrogen-bond acceptors (Lipinski definition) is 4. The van der Waals surface area contributed by atoms with Crippen LogP contribution in [0.3, 0.4) is 0 Å². The van der Waals surface area contributed by atoms with Crippen molar-refractivity contribution in [2.45, 2.75) is 32.8 Å². The van der Waals surface area contributed by atoms with E-state index in [2.05, 4.69) is 10.1 Å². The van der Waals surface area contributed by atoms with Crippen molar-refractivity contribution in [3.05, 3.63) is 0 Å². The van der Waals surface area contributed by atoms with Gasteiger partial charge in [0, 0.05) is 13.0 Å². The van der Waals surface area contributed by atoms with Gasteiger partial charge in [-0.25, -0.2) is 0 Å². The number of esters is 1. The summed E-state index contributed by atoms with van der Waals surface area (Å²) in [5, 5.41) is 11.3. The average Bonchev–Trinajstić information content (AvgIpc) is 2.12. The molecule has 1 atom stereocenters. The molecule has 0 aliphatic rings. The number of carbonyl (C=O) groups excluding carboxylic acids is 2. The van der Waals surface area contributed by atoms with Gasteiger partial charge < -0.3 is 15.2 Å². The number of aliphatic hydroxyl groups is 1. The first kappa shape index (κ1) is 12.9. The second-order valence-corrected chi connectivity index (χ2v) is 2.96. The zero-order valence-corrected chi connectivity index (χ0v) is 8.58. The molecule has 0 unspecified atom stereocenters. The van der Waals surface area contributed by atoms with E-state index in [9.17, 15) is 9.59 Å². The number of amides is 1. The van der Waals surface area contributed by atoms with Crippen molar-refractivity contribution in [2.24, 2.45) is 0 Å². The van der Waals surface area contributed by atoms with E-state index in [1.54, 1.807) is 13.8 Å². The largest absolute Gasteiger partial charge is 0.466 e. The molecule has 82 valence electrons.